The molecule has 0 bridgehead atoms. The normalized spacial score (nSPS) is 22.3. The van der Waals surface area contributed by atoms with Crippen LogP contribution in [0.1, 0.15) is 54.0 Å². The highest BCUT2D eigenvalue weighted by Gasteiger charge is 2.64. The zero-order valence-electron chi connectivity index (χ0n) is 18.2. The van der Waals surface area contributed by atoms with Gasteiger partial charge in [0.05, 0.1) is 11.1 Å². The number of carbonyl (C=O) groups excluding carboxylic acids is 1. The van der Waals surface area contributed by atoms with Crippen molar-refractivity contribution in [3.63, 3.8) is 0 Å². The van der Waals surface area contributed by atoms with Crippen molar-refractivity contribution in [2.45, 2.75) is 66.2 Å². The van der Waals surface area contributed by atoms with E-state index < -0.39 is 11.7 Å². The van der Waals surface area contributed by atoms with Crippen LogP contribution in [0.2, 0.25) is 0 Å². The number of amides is 1. The van der Waals surface area contributed by atoms with Crippen molar-refractivity contribution in [1.82, 2.24) is 10.3 Å². The lowest BCUT2D eigenvalue weighted by molar-refractivity contribution is -0.166. The average Bonchev–Trinajstić information content (AvgIpc) is 2.62. The minimum absolute atomic E-state index is 0.113. The van der Waals surface area contributed by atoms with E-state index in [1.807, 2.05) is 39.0 Å². The Labute approximate surface area is 172 Å². The second kappa shape index (κ2) is 6.91. The van der Waals surface area contributed by atoms with Gasteiger partial charge in [-0.25, -0.2) is 4.79 Å². The lowest BCUT2D eigenvalue weighted by atomic mass is 9.49. The van der Waals surface area contributed by atoms with Crippen LogP contribution >= 0.6 is 0 Å². The Hall–Kier alpha value is -2.81. The molecule has 0 aliphatic heterocycles. The molecule has 6 heteroatoms. The maximum Gasteiger partial charge on any atom is 0.407 e. The van der Waals surface area contributed by atoms with Crippen molar-refractivity contribution in [3.05, 3.63) is 36.0 Å². The van der Waals surface area contributed by atoms with Gasteiger partial charge in [-0.3, -0.25) is 4.98 Å². The Kier molecular flexibility index (Phi) is 4.98. The van der Waals surface area contributed by atoms with Gasteiger partial charge in [0.2, 0.25) is 0 Å². The molecule has 154 valence electrons. The minimum Gasteiger partial charge on any atom is -0.488 e. The van der Waals surface area contributed by atoms with Crippen LogP contribution in [0.15, 0.2) is 30.5 Å². The number of fused-ring (bicyclic) bond motifs is 1. The summed E-state index contributed by atoms with van der Waals surface area (Å²) in [5, 5.41) is 13.2. The van der Waals surface area contributed by atoms with Gasteiger partial charge in [-0.05, 0) is 45.0 Å². The van der Waals surface area contributed by atoms with Crippen molar-refractivity contribution in [3.8, 4) is 11.8 Å². The predicted octanol–water partition coefficient (Wildman–Crippen LogP) is 4.81. The molecule has 1 aliphatic carbocycles. The first-order valence-electron chi connectivity index (χ1n) is 9.82. The first kappa shape index (κ1) is 20.9. The smallest absolute Gasteiger partial charge is 0.407 e. The van der Waals surface area contributed by atoms with Crippen LogP contribution in [-0.4, -0.2) is 28.8 Å². The second-order valence-electron chi connectivity index (χ2n) is 9.84. The number of alkyl carbamates (subject to hydrolysis) is 1. The fraction of sp³-hybridized carbons (Fsp3) is 0.522. The van der Waals surface area contributed by atoms with E-state index >= 15 is 0 Å². The number of hydrogen-bond donors (Lipinski definition) is 1. The van der Waals surface area contributed by atoms with Gasteiger partial charge in [0, 0.05) is 28.5 Å². The van der Waals surface area contributed by atoms with Gasteiger partial charge in [0.25, 0.3) is 0 Å². The van der Waals surface area contributed by atoms with Crippen LogP contribution < -0.4 is 10.1 Å². The van der Waals surface area contributed by atoms with Gasteiger partial charge in [-0.2, -0.15) is 5.26 Å². The highest BCUT2D eigenvalue weighted by Crippen LogP contribution is 2.56. The van der Waals surface area contributed by atoms with E-state index in [9.17, 15) is 10.1 Å². The number of rotatable bonds is 3. The number of nitrogens with one attached hydrogen (secondary N) is 1. The molecule has 1 saturated carbocycles. The van der Waals surface area contributed by atoms with Gasteiger partial charge in [-0.15, -0.1) is 0 Å². The van der Waals surface area contributed by atoms with Crippen molar-refractivity contribution in [2.24, 2.45) is 10.8 Å². The topological polar surface area (TPSA) is 84.2 Å². The van der Waals surface area contributed by atoms with Crippen LogP contribution in [0.25, 0.3) is 10.9 Å². The van der Waals surface area contributed by atoms with Gasteiger partial charge >= 0.3 is 6.09 Å². The second-order valence-corrected chi connectivity index (χ2v) is 9.84. The molecule has 1 fully saturated rings. The molecule has 0 spiro atoms. The van der Waals surface area contributed by atoms with Gasteiger partial charge in [0.1, 0.15) is 23.5 Å². The molecule has 0 unspecified atom stereocenters. The minimum atomic E-state index is -0.549. The van der Waals surface area contributed by atoms with Crippen molar-refractivity contribution in [1.29, 1.82) is 5.26 Å². The first-order valence-corrected chi connectivity index (χ1v) is 9.82. The Morgan fingerprint density at radius 1 is 1.17 bits per heavy atom. The zero-order valence-corrected chi connectivity index (χ0v) is 18.2. The third kappa shape index (κ3) is 3.74. The molecule has 6 nitrogen and oxygen atoms in total. The maximum atomic E-state index is 12.3. The first-order chi connectivity index (χ1) is 13.4. The van der Waals surface area contributed by atoms with Crippen LogP contribution in [-0.2, 0) is 4.74 Å². The Morgan fingerprint density at radius 3 is 2.41 bits per heavy atom. The van der Waals surface area contributed by atoms with E-state index in [1.165, 1.54) is 0 Å². The van der Waals surface area contributed by atoms with E-state index in [-0.39, 0.29) is 23.0 Å². The number of hydrogen-bond acceptors (Lipinski definition) is 5. The molecule has 1 N–H and O–H groups in total. The van der Waals surface area contributed by atoms with Crippen LogP contribution in [0.5, 0.6) is 5.75 Å². The molecule has 0 saturated heterocycles. The number of carbonyl (C=O) groups is 1. The molecule has 0 radical (unpaired) electrons. The van der Waals surface area contributed by atoms with E-state index in [1.54, 1.807) is 12.3 Å². The number of benzene rings is 1. The molecule has 1 heterocycles. The summed E-state index contributed by atoms with van der Waals surface area (Å²) >= 11 is 0. The highest BCUT2D eigenvalue weighted by atomic mass is 16.6. The fourth-order valence-corrected chi connectivity index (χ4v) is 4.69. The number of nitriles is 1. The molecule has 1 aliphatic rings. The van der Waals surface area contributed by atoms with E-state index in [2.05, 4.69) is 44.1 Å². The average molecular weight is 396 g/mol. The molecule has 1 amide bonds. The number of ether oxygens (including phenoxy) is 2. The van der Waals surface area contributed by atoms with Gasteiger partial charge < -0.3 is 14.8 Å². The quantitative estimate of drug-likeness (QED) is 0.806. The molecule has 1 aromatic heterocycles. The number of pyridine rings is 1. The summed E-state index contributed by atoms with van der Waals surface area (Å²) in [4.78, 5) is 16.7. The molecule has 3 rings (SSSR count). The molecule has 29 heavy (non-hydrogen) atoms. The lowest BCUT2D eigenvalue weighted by Gasteiger charge is -2.62. The largest absolute Gasteiger partial charge is 0.488 e. The van der Waals surface area contributed by atoms with Gasteiger partial charge in [-0.1, -0.05) is 27.7 Å². The molecule has 2 aromatic rings. The highest BCUT2D eigenvalue weighted by molar-refractivity contribution is 5.89. The van der Waals surface area contributed by atoms with Crippen LogP contribution in [0, 0.1) is 22.2 Å². The van der Waals surface area contributed by atoms with Crippen LogP contribution in [0.3, 0.4) is 0 Å². The summed E-state index contributed by atoms with van der Waals surface area (Å²) < 4.78 is 11.9. The van der Waals surface area contributed by atoms with Gasteiger partial charge in [0.15, 0.2) is 0 Å². The predicted molar refractivity (Wildman–Crippen MR) is 112 cm³/mol. The SMILES string of the molecule is CC(C)(C)OC(=O)N[C@H]1C(C)(C)[C@H](Oc2ccc(C#N)c3ncccc23)C1(C)C. The number of aromatic nitrogens is 1. The summed E-state index contributed by atoms with van der Waals surface area (Å²) in [7, 11) is 0. The third-order valence-corrected chi connectivity index (χ3v) is 5.60. The third-order valence-electron chi connectivity index (χ3n) is 5.60. The summed E-state index contributed by atoms with van der Waals surface area (Å²) in [6.45, 7) is 13.9. The van der Waals surface area contributed by atoms with Crippen LogP contribution in [0.4, 0.5) is 4.79 Å². The Morgan fingerprint density at radius 2 is 1.83 bits per heavy atom. The molecular weight excluding hydrogens is 366 g/mol. The lowest BCUT2D eigenvalue weighted by Crippen LogP contribution is -2.74. The zero-order chi connectivity index (χ0) is 21.6. The summed E-state index contributed by atoms with van der Waals surface area (Å²) in [6, 6.07) is 9.37. The van der Waals surface area contributed by atoms with E-state index in [0.717, 1.165) is 5.39 Å². The Bertz CT molecular complexity index is 967. The monoisotopic (exact) mass is 395 g/mol. The summed E-state index contributed by atoms with van der Waals surface area (Å²) in [6.07, 6.45) is 1.10. The molecule has 0 atom stereocenters. The van der Waals surface area contributed by atoms with Crippen molar-refractivity contribution < 1.29 is 14.3 Å². The Balaban J connectivity index is 1.86. The fourth-order valence-electron chi connectivity index (χ4n) is 4.69. The van der Waals surface area contributed by atoms with E-state index in [4.69, 9.17) is 9.47 Å². The number of nitrogens with zero attached hydrogens (tertiary/aromatic N) is 2. The van der Waals surface area contributed by atoms with E-state index in [0.29, 0.717) is 16.8 Å². The van der Waals surface area contributed by atoms with Crippen molar-refractivity contribution >= 4 is 17.0 Å². The summed E-state index contributed by atoms with van der Waals surface area (Å²) in [5.74, 6) is 0.689. The standard InChI is InChI=1S/C23H29N3O3/c1-21(2,3)29-20(27)26-18-22(4,5)19(23(18,6)7)28-16-11-10-14(13-24)17-15(16)9-8-12-25-17/h8-12,18-19H,1-7H3,(H,26,27)/t18-,19-. The molecular formula is C23H29N3O3. The van der Waals surface area contributed by atoms with Crippen molar-refractivity contribution in [2.75, 3.05) is 0 Å². The maximum absolute atomic E-state index is 12.3. The molecule has 1 aromatic carbocycles. The summed E-state index contributed by atoms with van der Waals surface area (Å²) in [5.41, 5.74) is -0.0339.